The van der Waals surface area contributed by atoms with Crippen LogP contribution in [0.15, 0.2) is 24.3 Å². The molecule has 0 radical (unpaired) electrons. The number of nitrogens with two attached hydrogens (primary N) is 1. The normalized spacial score (nSPS) is 29.2. The number of hydrogen-bond acceptors (Lipinski definition) is 4. The molecule has 2 atom stereocenters. The molecule has 24 heavy (non-hydrogen) atoms. The number of carbonyl (C=O) groups is 2. The molecular weight excluding hydrogens is 308 g/mol. The summed E-state index contributed by atoms with van der Waals surface area (Å²) in [6, 6.07) is 7.33. The largest absolute Gasteiger partial charge is 0.490 e. The third kappa shape index (κ3) is 2.55. The van der Waals surface area contributed by atoms with Crippen molar-refractivity contribution in [3.63, 3.8) is 0 Å². The Balaban J connectivity index is 1.58. The van der Waals surface area contributed by atoms with Crippen LogP contribution in [0.4, 0.5) is 0 Å². The van der Waals surface area contributed by atoms with E-state index < -0.39 is 5.41 Å². The highest BCUT2D eigenvalue weighted by Crippen LogP contribution is 2.43. The predicted molar refractivity (Wildman–Crippen MR) is 86.5 cm³/mol. The van der Waals surface area contributed by atoms with Gasteiger partial charge in [-0.25, -0.2) is 0 Å². The van der Waals surface area contributed by atoms with E-state index >= 15 is 0 Å². The van der Waals surface area contributed by atoms with E-state index in [1.54, 1.807) is 11.0 Å². The summed E-state index contributed by atoms with van der Waals surface area (Å²) >= 11 is 0. The molecule has 2 aliphatic heterocycles. The topological polar surface area (TPSA) is 81.9 Å². The summed E-state index contributed by atoms with van der Waals surface area (Å²) in [7, 11) is 0. The van der Waals surface area contributed by atoms with Crippen LogP contribution in [0.1, 0.15) is 29.6 Å². The monoisotopic (exact) mass is 330 g/mol. The molecule has 3 fully saturated rings. The van der Waals surface area contributed by atoms with E-state index in [-0.39, 0.29) is 23.8 Å². The van der Waals surface area contributed by atoms with Gasteiger partial charge in [-0.2, -0.15) is 0 Å². The zero-order valence-corrected chi connectivity index (χ0v) is 13.6. The lowest BCUT2D eigenvalue weighted by molar-refractivity contribution is -0.135. The fourth-order valence-corrected chi connectivity index (χ4v) is 3.79. The highest BCUT2D eigenvalue weighted by atomic mass is 16.5. The zero-order chi connectivity index (χ0) is 16.7. The molecule has 1 aliphatic carbocycles. The fourth-order valence-electron chi connectivity index (χ4n) is 3.79. The molecule has 2 amide bonds. The first-order valence-corrected chi connectivity index (χ1v) is 8.53. The average molecular weight is 330 g/mol. The Kier molecular flexibility index (Phi) is 3.72. The number of nitrogens with zero attached hydrogens (tertiary/aromatic N) is 1. The second-order valence-corrected chi connectivity index (χ2v) is 7.04. The number of primary amides is 1. The van der Waals surface area contributed by atoms with Gasteiger partial charge in [-0.05, 0) is 31.4 Å². The minimum atomic E-state index is -0.653. The van der Waals surface area contributed by atoms with Crippen molar-refractivity contribution in [1.29, 1.82) is 0 Å². The third-order valence-corrected chi connectivity index (χ3v) is 5.42. The molecule has 2 N–H and O–H groups in total. The molecule has 1 saturated carbocycles. The summed E-state index contributed by atoms with van der Waals surface area (Å²) in [6.45, 7) is 1.86. The first-order valence-electron chi connectivity index (χ1n) is 8.53. The van der Waals surface area contributed by atoms with E-state index in [9.17, 15) is 9.59 Å². The summed E-state index contributed by atoms with van der Waals surface area (Å²) < 4.78 is 11.4. The van der Waals surface area contributed by atoms with Gasteiger partial charge in [-0.3, -0.25) is 9.59 Å². The number of rotatable bonds is 4. The van der Waals surface area contributed by atoms with Gasteiger partial charge in [0.05, 0.1) is 23.7 Å². The van der Waals surface area contributed by atoms with E-state index in [1.165, 1.54) is 0 Å². The lowest BCUT2D eigenvalue weighted by Crippen LogP contribution is -2.48. The molecule has 1 aromatic carbocycles. The molecule has 0 spiro atoms. The van der Waals surface area contributed by atoms with Crippen LogP contribution in [0.3, 0.4) is 0 Å². The van der Waals surface area contributed by atoms with Gasteiger partial charge in [0.15, 0.2) is 0 Å². The Bertz CT molecular complexity index is 673. The van der Waals surface area contributed by atoms with Crippen molar-refractivity contribution in [2.45, 2.75) is 25.4 Å². The third-order valence-electron chi connectivity index (χ3n) is 5.42. The highest BCUT2D eigenvalue weighted by Gasteiger charge is 2.53. The number of fused-ring (bicyclic) bond motifs is 1. The van der Waals surface area contributed by atoms with Crippen molar-refractivity contribution >= 4 is 11.8 Å². The van der Waals surface area contributed by atoms with Gasteiger partial charge in [-0.1, -0.05) is 12.1 Å². The second-order valence-electron chi connectivity index (χ2n) is 7.04. The molecule has 0 unspecified atom stereocenters. The Morgan fingerprint density at radius 1 is 1.29 bits per heavy atom. The van der Waals surface area contributed by atoms with Gasteiger partial charge in [0.2, 0.25) is 5.91 Å². The summed E-state index contributed by atoms with van der Waals surface area (Å²) in [5.41, 5.74) is 5.60. The first-order chi connectivity index (χ1) is 11.6. The van der Waals surface area contributed by atoms with E-state index in [2.05, 4.69) is 0 Å². The number of likely N-dealkylation sites (tertiary alicyclic amines) is 1. The molecule has 0 bridgehead atoms. The molecule has 1 aromatic rings. The Hall–Kier alpha value is -2.08. The van der Waals surface area contributed by atoms with Crippen LogP contribution in [0, 0.1) is 11.3 Å². The zero-order valence-electron chi connectivity index (χ0n) is 13.6. The number of carbonyl (C=O) groups excluding carboxylic acids is 2. The summed E-state index contributed by atoms with van der Waals surface area (Å²) in [6.07, 6.45) is 2.88. The van der Waals surface area contributed by atoms with Crippen LogP contribution in [0.5, 0.6) is 5.75 Å². The van der Waals surface area contributed by atoms with Crippen molar-refractivity contribution in [2.24, 2.45) is 17.1 Å². The molecule has 2 heterocycles. The Morgan fingerprint density at radius 3 is 2.79 bits per heavy atom. The van der Waals surface area contributed by atoms with Gasteiger partial charge in [-0.15, -0.1) is 0 Å². The number of para-hydroxylation sites is 1. The number of amides is 2. The van der Waals surface area contributed by atoms with Crippen molar-refractivity contribution in [1.82, 2.24) is 4.90 Å². The SMILES string of the molecule is NC(=O)[C@]12CCOC[C@H]1CN(C(=O)c1ccccc1OC1CC1)C2. The molecule has 2 saturated heterocycles. The summed E-state index contributed by atoms with van der Waals surface area (Å²) in [5, 5.41) is 0. The number of ether oxygens (including phenoxy) is 2. The maximum absolute atomic E-state index is 13.0. The average Bonchev–Trinajstić information content (AvgIpc) is 3.30. The Labute approximate surface area is 140 Å². The Morgan fingerprint density at radius 2 is 2.08 bits per heavy atom. The lowest BCUT2D eigenvalue weighted by Gasteiger charge is -2.34. The molecule has 4 rings (SSSR count). The van der Waals surface area contributed by atoms with Crippen LogP contribution in [-0.2, 0) is 9.53 Å². The van der Waals surface area contributed by atoms with E-state index in [0.717, 1.165) is 12.8 Å². The minimum absolute atomic E-state index is 0.0239. The molecule has 6 nitrogen and oxygen atoms in total. The minimum Gasteiger partial charge on any atom is -0.490 e. The maximum Gasteiger partial charge on any atom is 0.257 e. The fraction of sp³-hybridized carbons (Fsp3) is 0.556. The van der Waals surface area contributed by atoms with Gasteiger partial charge >= 0.3 is 0 Å². The van der Waals surface area contributed by atoms with Crippen molar-refractivity contribution in [2.75, 3.05) is 26.3 Å². The summed E-state index contributed by atoms with van der Waals surface area (Å²) in [5.74, 6) is 0.184. The number of hydrogen-bond donors (Lipinski definition) is 1. The molecule has 0 aromatic heterocycles. The van der Waals surface area contributed by atoms with Gasteiger partial charge in [0.25, 0.3) is 5.91 Å². The number of benzene rings is 1. The van der Waals surface area contributed by atoms with Crippen LogP contribution < -0.4 is 10.5 Å². The molecule has 3 aliphatic rings. The van der Waals surface area contributed by atoms with Crippen LogP contribution in [0.25, 0.3) is 0 Å². The van der Waals surface area contributed by atoms with E-state index in [1.807, 2.05) is 18.2 Å². The molecule has 6 heteroatoms. The maximum atomic E-state index is 13.0. The van der Waals surface area contributed by atoms with Crippen molar-refractivity contribution < 1.29 is 19.1 Å². The van der Waals surface area contributed by atoms with Gasteiger partial charge in [0, 0.05) is 25.6 Å². The smallest absolute Gasteiger partial charge is 0.257 e. The quantitative estimate of drug-likeness (QED) is 0.899. The first kappa shape index (κ1) is 15.4. The van der Waals surface area contributed by atoms with E-state index in [0.29, 0.717) is 44.0 Å². The van der Waals surface area contributed by atoms with E-state index in [4.69, 9.17) is 15.2 Å². The highest BCUT2D eigenvalue weighted by molar-refractivity contribution is 5.98. The van der Waals surface area contributed by atoms with Crippen molar-refractivity contribution in [3.05, 3.63) is 29.8 Å². The van der Waals surface area contributed by atoms with Crippen LogP contribution in [0.2, 0.25) is 0 Å². The van der Waals surface area contributed by atoms with Crippen molar-refractivity contribution in [3.8, 4) is 5.75 Å². The predicted octanol–water partition coefficient (Wildman–Crippen LogP) is 1.19. The standard InChI is InChI=1S/C18H22N2O4/c19-17(22)18-7-8-23-10-12(18)9-20(11-18)16(21)14-3-1-2-4-15(14)24-13-5-6-13/h1-4,12-13H,5-11H2,(H2,19,22)/t12-,18+/m1/s1. The molecule has 128 valence electrons. The lowest BCUT2D eigenvalue weighted by atomic mass is 9.74. The van der Waals surface area contributed by atoms with Crippen LogP contribution >= 0.6 is 0 Å². The van der Waals surface area contributed by atoms with Crippen LogP contribution in [-0.4, -0.2) is 49.1 Å². The van der Waals surface area contributed by atoms with Gasteiger partial charge in [0.1, 0.15) is 5.75 Å². The van der Waals surface area contributed by atoms with Gasteiger partial charge < -0.3 is 20.1 Å². The second kappa shape index (κ2) is 5.77. The molecular formula is C18H22N2O4. The summed E-state index contributed by atoms with van der Waals surface area (Å²) in [4.78, 5) is 26.9.